The Hall–Kier alpha value is -2.63. The van der Waals surface area contributed by atoms with Gasteiger partial charge in [0.1, 0.15) is 6.07 Å². The molecule has 0 aliphatic carbocycles. The van der Waals surface area contributed by atoms with Crippen molar-refractivity contribution < 1.29 is 14.3 Å². The molecular formula is C17H18N4O3S. The molecule has 0 saturated carbocycles. The number of rotatable bonds is 5. The average Bonchev–Trinajstić information content (AvgIpc) is 3.06. The summed E-state index contributed by atoms with van der Waals surface area (Å²) in [6, 6.07) is 7.57. The minimum absolute atomic E-state index is 0.0692. The Morgan fingerprint density at radius 2 is 2.32 bits per heavy atom. The highest BCUT2D eigenvalue weighted by Gasteiger charge is 2.15. The minimum atomic E-state index is -0.633. The maximum atomic E-state index is 11.6. The summed E-state index contributed by atoms with van der Waals surface area (Å²) in [6.07, 6.45) is 1.36. The first-order valence-corrected chi connectivity index (χ1v) is 8.80. The summed E-state index contributed by atoms with van der Waals surface area (Å²) in [5.41, 5.74) is 1.63. The molecule has 1 fully saturated rings. The molecule has 7 nitrogen and oxygen atoms in total. The van der Waals surface area contributed by atoms with Crippen LogP contribution in [0, 0.1) is 11.3 Å². The van der Waals surface area contributed by atoms with E-state index >= 15 is 0 Å². The van der Waals surface area contributed by atoms with Crippen molar-refractivity contribution >= 4 is 38.3 Å². The normalized spacial score (nSPS) is 15.0. The Bertz CT molecular complexity index is 834. The lowest BCUT2D eigenvalue weighted by molar-refractivity contribution is -0.138. The highest BCUT2D eigenvalue weighted by molar-refractivity contribution is 7.22. The lowest BCUT2D eigenvalue weighted by Gasteiger charge is -2.25. The monoisotopic (exact) mass is 358 g/mol. The summed E-state index contributed by atoms with van der Waals surface area (Å²) in [6.45, 7) is 5.06. The molecule has 0 amide bonds. The molecule has 0 spiro atoms. The van der Waals surface area contributed by atoms with E-state index in [-0.39, 0.29) is 12.2 Å². The molecule has 1 saturated heterocycles. The third-order valence-corrected chi connectivity index (χ3v) is 4.74. The Labute approximate surface area is 149 Å². The molecule has 1 aromatic carbocycles. The highest BCUT2D eigenvalue weighted by atomic mass is 32.1. The van der Waals surface area contributed by atoms with E-state index in [1.54, 1.807) is 18.3 Å². The number of carbonyl (C=O) groups is 1. The molecule has 8 heteroatoms. The van der Waals surface area contributed by atoms with Gasteiger partial charge in [0.2, 0.25) is 0 Å². The zero-order valence-corrected chi connectivity index (χ0v) is 14.6. The summed E-state index contributed by atoms with van der Waals surface area (Å²) in [5, 5.41) is 13.0. The number of nitriles is 1. The first-order chi connectivity index (χ1) is 12.2. The maximum Gasteiger partial charge on any atom is 0.350 e. The number of nitrogens with one attached hydrogen (secondary N) is 1. The lowest BCUT2D eigenvalue weighted by Crippen LogP contribution is -2.36. The average molecular weight is 358 g/mol. The zero-order chi connectivity index (χ0) is 17.6. The molecule has 1 aliphatic rings. The van der Waals surface area contributed by atoms with Gasteiger partial charge in [-0.05, 0) is 25.1 Å². The van der Waals surface area contributed by atoms with Crippen molar-refractivity contribution in [3.05, 3.63) is 30.0 Å². The van der Waals surface area contributed by atoms with Crippen molar-refractivity contribution in [3.8, 4) is 6.07 Å². The Kier molecular flexibility index (Phi) is 5.48. The highest BCUT2D eigenvalue weighted by Crippen LogP contribution is 2.31. The van der Waals surface area contributed by atoms with E-state index in [1.165, 1.54) is 6.20 Å². The van der Waals surface area contributed by atoms with Gasteiger partial charge in [-0.1, -0.05) is 11.3 Å². The predicted octanol–water partition coefficient (Wildman–Crippen LogP) is 2.52. The number of benzene rings is 1. The quantitative estimate of drug-likeness (QED) is 0.499. The number of nitrogens with zero attached hydrogens (tertiary/aromatic N) is 3. The number of ether oxygens (including phenoxy) is 2. The van der Waals surface area contributed by atoms with Crippen molar-refractivity contribution in [1.82, 2.24) is 4.98 Å². The molecular weight excluding hydrogens is 340 g/mol. The fourth-order valence-electron chi connectivity index (χ4n) is 2.39. The third-order valence-electron chi connectivity index (χ3n) is 3.66. The van der Waals surface area contributed by atoms with Crippen LogP contribution in [0.1, 0.15) is 6.92 Å². The number of carbonyl (C=O) groups excluding carboxylic acids is 1. The van der Waals surface area contributed by atoms with Gasteiger partial charge in [0.15, 0.2) is 10.7 Å². The largest absolute Gasteiger partial charge is 0.462 e. The molecule has 0 radical (unpaired) electrons. The van der Waals surface area contributed by atoms with E-state index in [1.807, 2.05) is 24.3 Å². The van der Waals surface area contributed by atoms with Gasteiger partial charge < -0.3 is 19.7 Å². The van der Waals surface area contributed by atoms with E-state index in [0.29, 0.717) is 0 Å². The zero-order valence-electron chi connectivity index (χ0n) is 13.8. The van der Waals surface area contributed by atoms with E-state index in [2.05, 4.69) is 15.2 Å². The fraction of sp³-hybridized carbons (Fsp3) is 0.353. The van der Waals surface area contributed by atoms with Crippen LogP contribution in [0.5, 0.6) is 0 Å². The molecule has 1 aromatic heterocycles. The van der Waals surface area contributed by atoms with Crippen molar-refractivity contribution in [3.63, 3.8) is 0 Å². The topological polar surface area (TPSA) is 87.5 Å². The molecule has 0 bridgehead atoms. The lowest BCUT2D eigenvalue weighted by atomic mass is 10.3. The van der Waals surface area contributed by atoms with Gasteiger partial charge in [-0.3, -0.25) is 0 Å². The number of hydrogen-bond donors (Lipinski definition) is 1. The Balaban J connectivity index is 1.76. The van der Waals surface area contributed by atoms with Gasteiger partial charge >= 0.3 is 5.97 Å². The SMILES string of the molecule is CCOC(=O)C(C#N)=CNc1ccc2nc(N3CCOCC3)sc2c1. The number of hydrogen-bond acceptors (Lipinski definition) is 8. The molecule has 3 rings (SSSR count). The van der Waals surface area contributed by atoms with Crippen molar-refractivity contribution in [2.75, 3.05) is 43.1 Å². The summed E-state index contributed by atoms with van der Waals surface area (Å²) in [5.74, 6) is -0.633. The van der Waals surface area contributed by atoms with Crippen molar-refractivity contribution in [2.45, 2.75) is 6.92 Å². The molecule has 0 unspecified atom stereocenters. The van der Waals surface area contributed by atoms with Crippen LogP contribution in [0.2, 0.25) is 0 Å². The molecule has 1 aliphatic heterocycles. The minimum Gasteiger partial charge on any atom is -0.462 e. The molecule has 25 heavy (non-hydrogen) atoms. The van der Waals surface area contributed by atoms with Crippen LogP contribution in [-0.2, 0) is 14.3 Å². The molecule has 2 aromatic rings. The van der Waals surface area contributed by atoms with E-state index < -0.39 is 5.97 Å². The first-order valence-electron chi connectivity index (χ1n) is 7.98. The molecule has 1 N–H and O–H groups in total. The van der Waals surface area contributed by atoms with Gasteiger partial charge in [-0.15, -0.1) is 0 Å². The predicted molar refractivity (Wildman–Crippen MR) is 96.6 cm³/mol. The van der Waals surface area contributed by atoms with Crippen molar-refractivity contribution in [2.24, 2.45) is 0 Å². The Morgan fingerprint density at radius 3 is 3.04 bits per heavy atom. The van der Waals surface area contributed by atoms with Crippen LogP contribution < -0.4 is 10.2 Å². The summed E-state index contributed by atoms with van der Waals surface area (Å²) in [7, 11) is 0. The van der Waals surface area contributed by atoms with Crippen LogP contribution in [0.25, 0.3) is 10.2 Å². The second-order valence-electron chi connectivity index (χ2n) is 5.31. The number of aromatic nitrogens is 1. The van der Waals surface area contributed by atoms with Crippen LogP contribution in [0.4, 0.5) is 10.8 Å². The van der Waals surface area contributed by atoms with E-state index in [0.717, 1.165) is 47.3 Å². The van der Waals surface area contributed by atoms with Crippen LogP contribution >= 0.6 is 11.3 Å². The summed E-state index contributed by atoms with van der Waals surface area (Å²) < 4.78 is 11.2. The second-order valence-corrected chi connectivity index (χ2v) is 6.32. The molecule has 130 valence electrons. The van der Waals surface area contributed by atoms with Gasteiger partial charge in [-0.2, -0.15) is 5.26 Å². The maximum absolute atomic E-state index is 11.6. The number of anilines is 2. The smallest absolute Gasteiger partial charge is 0.350 e. The number of fused-ring (bicyclic) bond motifs is 1. The number of thiazole rings is 1. The fourth-order valence-corrected chi connectivity index (χ4v) is 3.45. The summed E-state index contributed by atoms with van der Waals surface area (Å²) in [4.78, 5) is 18.5. The van der Waals surface area contributed by atoms with E-state index in [9.17, 15) is 4.79 Å². The number of morpholine rings is 1. The molecule has 0 atom stereocenters. The second kappa shape index (κ2) is 7.96. The van der Waals surface area contributed by atoms with Crippen molar-refractivity contribution in [1.29, 1.82) is 5.26 Å². The molecule has 2 heterocycles. The Morgan fingerprint density at radius 1 is 1.52 bits per heavy atom. The van der Waals surface area contributed by atoms with Gasteiger partial charge in [0.05, 0.1) is 30.0 Å². The van der Waals surface area contributed by atoms with Crippen LogP contribution in [0.15, 0.2) is 30.0 Å². The van der Waals surface area contributed by atoms with Crippen LogP contribution in [0.3, 0.4) is 0 Å². The standard InChI is InChI=1S/C17H18N4O3S/c1-2-24-16(22)12(10-18)11-19-13-3-4-14-15(9-13)25-17(20-14)21-5-7-23-8-6-21/h3-4,9,11,19H,2,5-8H2,1H3. The van der Waals surface area contributed by atoms with Gasteiger partial charge in [-0.25, -0.2) is 9.78 Å². The third kappa shape index (κ3) is 4.07. The van der Waals surface area contributed by atoms with E-state index in [4.69, 9.17) is 14.7 Å². The first kappa shape index (κ1) is 17.2. The van der Waals surface area contributed by atoms with Gasteiger partial charge in [0.25, 0.3) is 0 Å². The van der Waals surface area contributed by atoms with Crippen LogP contribution in [-0.4, -0.2) is 43.9 Å². The summed E-state index contributed by atoms with van der Waals surface area (Å²) >= 11 is 1.61. The van der Waals surface area contributed by atoms with Gasteiger partial charge in [0, 0.05) is 25.0 Å². The number of esters is 1.